The van der Waals surface area contributed by atoms with Gasteiger partial charge in [-0.2, -0.15) is 4.31 Å². The highest BCUT2D eigenvalue weighted by Crippen LogP contribution is 2.26. The van der Waals surface area contributed by atoms with Crippen LogP contribution in [-0.4, -0.2) is 38.0 Å². The zero-order valence-electron chi connectivity index (χ0n) is 15.5. The molecule has 0 amide bonds. The number of carbonyl (C=O) groups excluding carboxylic acids is 1. The quantitative estimate of drug-likeness (QED) is 0.498. The summed E-state index contributed by atoms with van der Waals surface area (Å²) in [6.07, 6.45) is 2.92. The van der Waals surface area contributed by atoms with Crippen LogP contribution in [0.15, 0.2) is 58.3 Å². The first-order chi connectivity index (χ1) is 13.4. The third-order valence-corrected chi connectivity index (χ3v) is 7.69. The number of rotatable bonds is 6. The van der Waals surface area contributed by atoms with E-state index in [9.17, 15) is 13.2 Å². The minimum absolute atomic E-state index is 0.214. The van der Waals surface area contributed by atoms with Crippen molar-refractivity contribution in [3.05, 3.63) is 59.1 Å². The van der Waals surface area contributed by atoms with Crippen molar-refractivity contribution in [2.75, 3.05) is 19.3 Å². The molecule has 1 saturated heterocycles. The number of benzene rings is 2. The number of esters is 1. The van der Waals surface area contributed by atoms with Crippen molar-refractivity contribution in [1.82, 2.24) is 4.31 Å². The maximum absolute atomic E-state index is 12.7. The number of nitrogens with zero attached hydrogens (tertiary/aromatic N) is 1. The molecule has 0 saturated carbocycles. The molecule has 5 nitrogen and oxygen atoms in total. The molecule has 150 valence electrons. The van der Waals surface area contributed by atoms with Gasteiger partial charge in [-0.1, -0.05) is 23.7 Å². The monoisotopic (exact) mass is 439 g/mol. The topological polar surface area (TPSA) is 63.7 Å². The van der Waals surface area contributed by atoms with Gasteiger partial charge in [-0.25, -0.2) is 8.42 Å². The fraction of sp³-hybridized carbons (Fsp3) is 0.350. The fourth-order valence-electron chi connectivity index (χ4n) is 3.08. The predicted octanol–water partition coefficient (Wildman–Crippen LogP) is 4.21. The van der Waals surface area contributed by atoms with Crippen LogP contribution in [0, 0.1) is 5.92 Å². The third kappa shape index (κ3) is 5.08. The van der Waals surface area contributed by atoms with Gasteiger partial charge in [0, 0.05) is 23.0 Å². The second-order valence-electron chi connectivity index (χ2n) is 6.59. The summed E-state index contributed by atoms with van der Waals surface area (Å²) in [4.78, 5) is 13.7. The Labute approximate surface area is 175 Å². The van der Waals surface area contributed by atoms with Gasteiger partial charge in [0.1, 0.15) is 6.61 Å². The lowest BCUT2D eigenvalue weighted by Crippen LogP contribution is -2.40. The van der Waals surface area contributed by atoms with Gasteiger partial charge in [0.2, 0.25) is 10.0 Å². The molecule has 8 heteroatoms. The lowest BCUT2D eigenvalue weighted by atomic mass is 9.98. The van der Waals surface area contributed by atoms with Gasteiger partial charge in [-0.05, 0) is 61.1 Å². The Hall–Kier alpha value is -1.54. The van der Waals surface area contributed by atoms with Gasteiger partial charge in [-0.15, -0.1) is 11.8 Å². The van der Waals surface area contributed by atoms with E-state index in [1.54, 1.807) is 23.9 Å². The normalized spacial score (nSPS) is 16.1. The van der Waals surface area contributed by atoms with E-state index < -0.39 is 10.0 Å². The van der Waals surface area contributed by atoms with Gasteiger partial charge >= 0.3 is 5.97 Å². The van der Waals surface area contributed by atoms with Crippen LogP contribution >= 0.6 is 23.4 Å². The van der Waals surface area contributed by atoms with Crippen molar-refractivity contribution in [1.29, 1.82) is 0 Å². The lowest BCUT2D eigenvalue weighted by Gasteiger charge is -2.30. The molecule has 0 spiro atoms. The zero-order valence-corrected chi connectivity index (χ0v) is 17.9. The standard InChI is InChI=1S/C20H22ClNO4S2/c1-27-18-6-2-15(3-7-18)14-26-20(23)16-10-12-22(13-11-16)28(24,25)19-8-4-17(21)5-9-19/h2-9,16H,10-14H2,1H3. The SMILES string of the molecule is CSc1ccc(COC(=O)C2CCN(S(=O)(=O)c3ccc(Cl)cc3)CC2)cc1. The summed E-state index contributed by atoms with van der Waals surface area (Å²) in [5, 5.41) is 0.489. The van der Waals surface area contributed by atoms with Crippen molar-refractivity contribution < 1.29 is 17.9 Å². The molecule has 1 aliphatic heterocycles. The van der Waals surface area contributed by atoms with Gasteiger partial charge in [0.15, 0.2) is 0 Å². The molecule has 2 aromatic rings. The van der Waals surface area contributed by atoms with E-state index in [1.165, 1.54) is 16.4 Å². The molecule has 0 atom stereocenters. The molecule has 1 heterocycles. The molecule has 0 bridgehead atoms. The molecular formula is C20H22ClNO4S2. The number of piperidine rings is 1. The first-order valence-corrected chi connectivity index (χ1v) is 12.0. The summed E-state index contributed by atoms with van der Waals surface area (Å²) in [6, 6.07) is 14.0. The van der Waals surface area contributed by atoms with E-state index in [1.807, 2.05) is 30.5 Å². The molecule has 3 rings (SSSR count). The number of halogens is 1. The fourth-order valence-corrected chi connectivity index (χ4v) is 5.09. The Morgan fingerprint density at radius 3 is 2.29 bits per heavy atom. The van der Waals surface area contributed by atoms with Crippen LogP contribution in [0.5, 0.6) is 0 Å². The molecule has 0 unspecified atom stereocenters. The largest absolute Gasteiger partial charge is 0.461 e. The summed E-state index contributed by atoms with van der Waals surface area (Å²) in [5.74, 6) is -0.542. The first-order valence-electron chi connectivity index (χ1n) is 8.95. The molecule has 1 fully saturated rings. The van der Waals surface area contributed by atoms with Gasteiger partial charge in [-0.3, -0.25) is 4.79 Å². The highest BCUT2D eigenvalue weighted by Gasteiger charge is 2.32. The highest BCUT2D eigenvalue weighted by atomic mass is 35.5. The van der Waals surface area contributed by atoms with Crippen molar-refractivity contribution >= 4 is 39.4 Å². The van der Waals surface area contributed by atoms with E-state index in [2.05, 4.69) is 0 Å². The molecule has 2 aromatic carbocycles. The second kappa shape index (κ2) is 9.31. The Kier molecular flexibility index (Phi) is 7.04. The first kappa shape index (κ1) is 21.2. The molecule has 0 radical (unpaired) electrons. The predicted molar refractivity (Wildman–Crippen MR) is 111 cm³/mol. The minimum Gasteiger partial charge on any atom is -0.461 e. The van der Waals surface area contributed by atoms with Crippen LogP contribution in [0.1, 0.15) is 18.4 Å². The van der Waals surface area contributed by atoms with E-state index in [-0.39, 0.29) is 23.4 Å². The Morgan fingerprint density at radius 2 is 1.71 bits per heavy atom. The average Bonchev–Trinajstić information content (AvgIpc) is 2.73. The summed E-state index contributed by atoms with van der Waals surface area (Å²) in [5.41, 5.74) is 0.939. The maximum Gasteiger partial charge on any atom is 0.309 e. The van der Waals surface area contributed by atoms with E-state index >= 15 is 0 Å². The summed E-state index contributed by atoms with van der Waals surface area (Å²) in [6.45, 7) is 0.830. The van der Waals surface area contributed by atoms with Gasteiger partial charge < -0.3 is 4.74 Å². The lowest BCUT2D eigenvalue weighted by molar-refractivity contribution is -0.151. The smallest absolute Gasteiger partial charge is 0.309 e. The van der Waals surface area contributed by atoms with Crippen molar-refractivity contribution in [3.63, 3.8) is 0 Å². The number of ether oxygens (including phenoxy) is 1. The van der Waals surface area contributed by atoms with Crippen LogP contribution in [0.25, 0.3) is 0 Å². The van der Waals surface area contributed by atoms with Crippen LogP contribution < -0.4 is 0 Å². The molecule has 1 aliphatic rings. The van der Waals surface area contributed by atoms with E-state index in [0.29, 0.717) is 31.0 Å². The minimum atomic E-state index is -3.57. The van der Waals surface area contributed by atoms with E-state index in [4.69, 9.17) is 16.3 Å². The number of sulfonamides is 1. The summed E-state index contributed by atoms with van der Waals surface area (Å²) >= 11 is 7.49. The van der Waals surface area contributed by atoms with Crippen molar-refractivity contribution in [3.8, 4) is 0 Å². The molecule has 28 heavy (non-hydrogen) atoms. The molecular weight excluding hydrogens is 418 g/mol. The average molecular weight is 440 g/mol. The molecule has 0 N–H and O–H groups in total. The van der Waals surface area contributed by atoms with Crippen molar-refractivity contribution in [2.45, 2.75) is 29.2 Å². The molecule has 0 aromatic heterocycles. The number of hydrogen-bond donors (Lipinski definition) is 0. The number of hydrogen-bond acceptors (Lipinski definition) is 5. The van der Waals surface area contributed by atoms with Crippen LogP contribution in [-0.2, 0) is 26.2 Å². The summed E-state index contributed by atoms with van der Waals surface area (Å²) in [7, 11) is -3.57. The zero-order chi connectivity index (χ0) is 20.1. The third-order valence-electron chi connectivity index (χ3n) is 4.78. The Morgan fingerprint density at radius 1 is 1.11 bits per heavy atom. The number of thioether (sulfide) groups is 1. The van der Waals surface area contributed by atoms with E-state index in [0.717, 1.165) is 10.5 Å². The molecule has 0 aliphatic carbocycles. The highest BCUT2D eigenvalue weighted by molar-refractivity contribution is 7.98. The summed E-state index contributed by atoms with van der Waals surface area (Å²) < 4.78 is 32.3. The van der Waals surface area contributed by atoms with Gasteiger partial charge in [0.25, 0.3) is 0 Å². The Balaban J connectivity index is 1.52. The number of carbonyl (C=O) groups is 1. The van der Waals surface area contributed by atoms with Gasteiger partial charge in [0.05, 0.1) is 10.8 Å². The van der Waals surface area contributed by atoms with Crippen LogP contribution in [0.3, 0.4) is 0 Å². The Bertz CT molecular complexity index is 906. The van der Waals surface area contributed by atoms with Crippen LogP contribution in [0.4, 0.5) is 0 Å². The second-order valence-corrected chi connectivity index (χ2v) is 9.84. The van der Waals surface area contributed by atoms with Crippen LogP contribution in [0.2, 0.25) is 5.02 Å². The maximum atomic E-state index is 12.7. The van der Waals surface area contributed by atoms with Crippen molar-refractivity contribution in [2.24, 2.45) is 5.92 Å².